The third kappa shape index (κ3) is 2.36. The molecule has 0 saturated carbocycles. The second-order valence-electron chi connectivity index (χ2n) is 4.07. The van der Waals surface area contributed by atoms with Gasteiger partial charge in [-0.1, -0.05) is 13.8 Å². The molecule has 0 bridgehead atoms. The van der Waals surface area contributed by atoms with E-state index in [1.54, 1.807) is 0 Å². The van der Waals surface area contributed by atoms with Crippen LogP contribution in [0.1, 0.15) is 13.8 Å². The molecular formula is C11H13N3O2S. The van der Waals surface area contributed by atoms with Gasteiger partial charge in [0, 0.05) is 0 Å². The highest BCUT2D eigenvalue weighted by molar-refractivity contribution is 7.16. The number of carboxylic acids is 1. The highest BCUT2D eigenvalue weighted by atomic mass is 32.1. The fourth-order valence-corrected chi connectivity index (χ4v) is 2.30. The molecule has 1 unspecified atom stereocenters. The molecular weight excluding hydrogens is 238 g/mol. The lowest BCUT2D eigenvalue weighted by Gasteiger charge is -2.18. The van der Waals surface area contributed by atoms with Gasteiger partial charge in [-0.3, -0.25) is 0 Å². The summed E-state index contributed by atoms with van der Waals surface area (Å²) in [5.74, 6) is -0.310. The first-order valence-electron chi connectivity index (χ1n) is 5.27. The van der Waals surface area contributed by atoms with Crippen LogP contribution in [0.3, 0.4) is 0 Å². The second-order valence-corrected chi connectivity index (χ2v) is 4.96. The third-order valence-corrected chi connectivity index (χ3v) is 3.31. The fraction of sp³-hybridized carbons (Fsp3) is 0.364. The van der Waals surface area contributed by atoms with Crippen molar-refractivity contribution >= 4 is 33.3 Å². The summed E-state index contributed by atoms with van der Waals surface area (Å²) in [7, 11) is 0. The number of thiophene rings is 1. The molecule has 0 aliphatic carbocycles. The summed E-state index contributed by atoms with van der Waals surface area (Å²) < 4.78 is 0. The molecule has 1 atom stereocenters. The number of carboxylic acid groups (broad SMARTS) is 1. The van der Waals surface area contributed by atoms with E-state index in [1.807, 2.05) is 25.3 Å². The number of rotatable bonds is 4. The lowest BCUT2D eigenvalue weighted by Crippen LogP contribution is -2.34. The van der Waals surface area contributed by atoms with Crippen LogP contribution in [0.15, 0.2) is 17.8 Å². The zero-order chi connectivity index (χ0) is 12.4. The first-order valence-corrected chi connectivity index (χ1v) is 6.15. The average Bonchev–Trinajstić information content (AvgIpc) is 2.73. The maximum atomic E-state index is 11.1. The van der Waals surface area contributed by atoms with Crippen LogP contribution in [0.4, 0.5) is 5.82 Å². The van der Waals surface area contributed by atoms with Crippen molar-refractivity contribution in [2.24, 2.45) is 5.92 Å². The molecule has 2 N–H and O–H groups in total. The van der Waals surface area contributed by atoms with Gasteiger partial charge in [0.05, 0.1) is 5.39 Å². The summed E-state index contributed by atoms with van der Waals surface area (Å²) >= 11 is 1.51. The quantitative estimate of drug-likeness (QED) is 0.871. The minimum Gasteiger partial charge on any atom is -0.480 e. The molecule has 0 aromatic carbocycles. The Morgan fingerprint density at radius 2 is 2.24 bits per heavy atom. The van der Waals surface area contributed by atoms with Crippen molar-refractivity contribution in [1.82, 2.24) is 9.97 Å². The number of anilines is 1. The standard InChI is InChI=1S/C11H13N3O2S/c1-6(2)8(11(15)16)14-9-7-3-4-17-10(7)13-5-12-9/h3-6,8H,1-2H3,(H,15,16)(H,12,13,14). The number of aromatic nitrogens is 2. The van der Waals surface area contributed by atoms with Gasteiger partial charge in [-0.25, -0.2) is 14.8 Å². The van der Waals surface area contributed by atoms with E-state index in [-0.39, 0.29) is 5.92 Å². The highest BCUT2D eigenvalue weighted by Gasteiger charge is 2.22. The van der Waals surface area contributed by atoms with Crippen molar-refractivity contribution in [3.8, 4) is 0 Å². The Morgan fingerprint density at radius 3 is 2.88 bits per heavy atom. The van der Waals surface area contributed by atoms with Crippen LogP contribution in [-0.4, -0.2) is 27.1 Å². The molecule has 90 valence electrons. The zero-order valence-electron chi connectivity index (χ0n) is 9.54. The Hall–Kier alpha value is -1.69. The van der Waals surface area contributed by atoms with Crippen LogP contribution in [0.2, 0.25) is 0 Å². The van der Waals surface area contributed by atoms with Gasteiger partial charge < -0.3 is 10.4 Å². The van der Waals surface area contributed by atoms with E-state index < -0.39 is 12.0 Å². The molecule has 6 heteroatoms. The van der Waals surface area contributed by atoms with E-state index in [0.29, 0.717) is 5.82 Å². The maximum Gasteiger partial charge on any atom is 0.326 e. The number of aliphatic carboxylic acids is 1. The normalized spacial score (nSPS) is 12.9. The fourth-order valence-electron chi connectivity index (χ4n) is 1.57. The van der Waals surface area contributed by atoms with Crippen molar-refractivity contribution in [3.63, 3.8) is 0 Å². The number of hydrogen-bond acceptors (Lipinski definition) is 5. The summed E-state index contributed by atoms with van der Waals surface area (Å²) in [6.07, 6.45) is 1.44. The van der Waals surface area contributed by atoms with Crippen LogP contribution < -0.4 is 5.32 Å². The van der Waals surface area contributed by atoms with E-state index in [4.69, 9.17) is 5.11 Å². The summed E-state index contributed by atoms with van der Waals surface area (Å²) in [6, 6.07) is 1.25. The van der Waals surface area contributed by atoms with E-state index in [1.165, 1.54) is 17.7 Å². The van der Waals surface area contributed by atoms with Gasteiger partial charge >= 0.3 is 5.97 Å². The van der Waals surface area contributed by atoms with E-state index in [9.17, 15) is 4.79 Å². The molecule has 0 aliphatic rings. The van der Waals surface area contributed by atoms with Gasteiger partial charge in [0.25, 0.3) is 0 Å². The summed E-state index contributed by atoms with van der Waals surface area (Å²) in [5, 5.41) is 14.9. The lowest BCUT2D eigenvalue weighted by atomic mass is 10.0. The molecule has 2 aromatic heterocycles. The molecule has 2 aromatic rings. The zero-order valence-corrected chi connectivity index (χ0v) is 10.4. The van der Waals surface area contributed by atoms with Crippen LogP contribution >= 0.6 is 11.3 Å². The van der Waals surface area contributed by atoms with Crippen LogP contribution in [0.25, 0.3) is 10.2 Å². The Bertz CT molecular complexity index is 538. The Balaban J connectivity index is 2.34. The minimum atomic E-state index is -0.873. The van der Waals surface area contributed by atoms with E-state index >= 15 is 0 Å². The van der Waals surface area contributed by atoms with Crippen LogP contribution in [-0.2, 0) is 4.79 Å². The predicted molar refractivity (Wildman–Crippen MR) is 67.3 cm³/mol. The van der Waals surface area contributed by atoms with Gasteiger partial charge in [0.1, 0.15) is 23.0 Å². The minimum absolute atomic E-state index is 0.0175. The smallest absolute Gasteiger partial charge is 0.326 e. The van der Waals surface area contributed by atoms with E-state index in [2.05, 4.69) is 15.3 Å². The molecule has 0 radical (unpaired) electrons. The Morgan fingerprint density at radius 1 is 1.47 bits per heavy atom. The van der Waals surface area contributed by atoms with Gasteiger partial charge in [-0.05, 0) is 17.4 Å². The summed E-state index contributed by atoms with van der Waals surface area (Å²) in [6.45, 7) is 3.72. The summed E-state index contributed by atoms with van der Waals surface area (Å²) in [5.41, 5.74) is 0. The van der Waals surface area contributed by atoms with Crippen molar-refractivity contribution < 1.29 is 9.90 Å². The van der Waals surface area contributed by atoms with E-state index in [0.717, 1.165) is 10.2 Å². The second kappa shape index (κ2) is 4.67. The molecule has 0 fully saturated rings. The molecule has 0 amide bonds. The number of carbonyl (C=O) groups is 1. The Kier molecular flexibility index (Phi) is 3.23. The third-order valence-electron chi connectivity index (χ3n) is 2.49. The number of hydrogen-bond donors (Lipinski definition) is 2. The predicted octanol–water partition coefficient (Wildman–Crippen LogP) is 2.21. The molecule has 17 heavy (non-hydrogen) atoms. The topological polar surface area (TPSA) is 75.1 Å². The largest absolute Gasteiger partial charge is 0.480 e. The SMILES string of the molecule is CC(C)C(Nc1ncnc2sccc12)C(=O)O. The average molecular weight is 251 g/mol. The van der Waals surface area contributed by atoms with Gasteiger partial charge in [0.15, 0.2) is 0 Å². The van der Waals surface area contributed by atoms with Gasteiger partial charge in [-0.15, -0.1) is 11.3 Å². The first-order chi connectivity index (χ1) is 8.09. The highest BCUT2D eigenvalue weighted by Crippen LogP contribution is 2.24. The number of fused-ring (bicyclic) bond motifs is 1. The monoisotopic (exact) mass is 251 g/mol. The molecule has 0 saturated heterocycles. The van der Waals surface area contributed by atoms with Gasteiger partial charge in [0.2, 0.25) is 0 Å². The Labute approximate surface area is 103 Å². The molecule has 0 aliphatic heterocycles. The van der Waals surface area contributed by atoms with Crippen molar-refractivity contribution in [2.75, 3.05) is 5.32 Å². The molecule has 5 nitrogen and oxygen atoms in total. The van der Waals surface area contributed by atoms with Crippen molar-refractivity contribution in [3.05, 3.63) is 17.8 Å². The molecule has 2 rings (SSSR count). The van der Waals surface area contributed by atoms with Crippen LogP contribution in [0.5, 0.6) is 0 Å². The number of nitrogens with one attached hydrogen (secondary N) is 1. The van der Waals surface area contributed by atoms with Crippen LogP contribution in [0, 0.1) is 5.92 Å². The summed E-state index contributed by atoms with van der Waals surface area (Å²) in [4.78, 5) is 20.2. The first kappa shape index (κ1) is 11.8. The molecule has 0 spiro atoms. The molecule has 2 heterocycles. The van der Waals surface area contributed by atoms with Gasteiger partial charge in [-0.2, -0.15) is 0 Å². The maximum absolute atomic E-state index is 11.1. The van der Waals surface area contributed by atoms with Crippen molar-refractivity contribution in [1.29, 1.82) is 0 Å². The van der Waals surface area contributed by atoms with Crippen molar-refractivity contribution in [2.45, 2.75) is 19.9 Å². The lowest BCUT2D eigenvalue weighted by molar-refractivity contribution is -0.138. The number of nitrogens with zero attached hydrogens (tertiary/aromatic N) is 2.